The topological polar surface area (TPSA) is 151 Å². The van der Waals surface area contributed by atoms with Gasteiger partial charge >= 0.3 is 0 Å². The van der Waals surface area contributed by atoms with Crippen LogP contribution in [0.3, 0.4) is 0 Å². The number of non-ortho nitro benzene ring substituents is 1. The van der Waals surface area contributed by atoms with Gasteiger partial charge in [0.1, 0.15) is 0 Å². The smallest absolute Gasteiger partial charge is 0.270 e. The van der Waals surface area contributed by atoms with Crippen molar-refractivity contribution in [3.8, 4) is 5.75 Å². The van der Waals surface area contributed by atoms with Crippen LogP contribution >= 0.6 is 0 Å². The molecule has 3 rings (SSSR count). The predicted molar refractivity (Wildman–Crippen MR) is 104 cm³/mol. The Hall–Kier alpha value is -3.86. The fourth-order valence-corrected chi connectivity index (χ4v) is 3.23. The van der Waals surface area contributed by atoms with Crippen molar-refractivity contribution in [1.29, 1.82) is 0 Å². The van der Waals surface area contributed by atoms with Crippen LogP contribution in [0, 0.1) is 17.0 Å². The van der Waals surface area contributed by atoms with Crippen molar-refractivity contribution < 1.29 is 18.4 Å². The Morgan fingerprint density at radius 3 is 2.52 bits per heavy atom. The highest BCUT2D eigenvalue weighted by molar-refractivity contribution is 7.92. The van der Waals surface area contributed by atoms with Crippen molar-refractivity contribution in [1.82, 2.24) is 9.97 Å². The lowest BCUT2D eigenvalue weighted by Crippen LogP contribution is -2.15. The van der Waals surface area contributed by atoms with Gasteiger partial charge in [0.2, 0.25) is 5.95 Å². The highest BCUT2D eigenvalue weighted by Crippen LogP contribution is 2.22. The van der Waals surface area contributed by atoms with E-state index in [1.165, 1.54) is 36.7 Å². The standard InChI is InChI=1S/C18H15N5O5S/c1-12-8-9-19-18(21-12)22-29(27,28)16-5-2-14(3-6-16)20-11-13-10-15(23(25)26)4-7-17(13)24/h2-11,24H,1H3,(H,19,21,22)/p-1. The van der Waals surface area contributed by atoms with Crippen LogP contribution in [0.15, 0.2) is 64.6 Å². The van der Waals surface area contributed by atoms with Gasteiger partial charge in [0.15, 0.2) is 0 Å². The molecule has 0 atom stereocenters. The maximum absolute atomic E-state index is 12.4. The fourth-order valence-electron chi connectivity index (χ4n) is 2.28. The van der Waals surface area contributed by atoms with Crippen LogP contribution in [0.2, 0.25) is 0 Å². The van der Waals surface area contributed by atoms with E-state index in [0.717, 1.165) is 18.2 Å². The highest BCUT2D eigenvalue weighted by atomic mass is 32.2. The number of aromatic nitrogens is 2. The third kappa shape index (κ3) is 4.90. The van der Waals surface area contributed by atoms with Crippen LogP contribution < -0.4 is 9.83 Å². The Kier molecular flexibility index (Phi) is 5.50. The number of nitrogens with zero attached hydrogens (tertiary/aromatic N) is 4. The molecule has 1 heterocycles. The largest absolute Gasteiger partial charge is 0.872 e. The van der Waals surface area contributed by atoms with Crippen LogP contribution in [-0.4, -0.2) is 29.5 Å². The van der Waals surface area contributed by atoms with Crippen molar-refractivity contribution in [2.45, 2.75) is 11.8 Å². The molecule has 0 aliphatic heterocycles. The number of hydrogen-bond acceptors (Lipinski definition) is 8. The molecule has 0 aliphatic rings. The summed E-state index contributed by atoms with van der Waals surface area (Å²) in [5.74, 6) is -0.457. The van der Waals surface area contributed by atoms with E-state index in [4.69, 9.17) is 0 Å². The molecule has 1 aromatic heterocycles. The average Bonchev–Trinajstić information content (AvgIpc) is 2.67. The Morgan fingerprint density at radius 2 is 1.86 bits per heavy atom. The third-order valence-corrected chi connectivity index (χ3v) is 5.07. The van der Waals surface area contributed by atoms with Crippen LogP contribution in [-0.2, 0) is 10.0 Å². The monoisotopic (exact) mass is 412 g/mol. The van der Waals surface area contributed by atoms with Crippen LogP contribution in [0.25, 0.3) is 0 Å². The van der Waals surface area contributed by atoms with Crippen molar-refractivity contribution in [2.24, 2.45) is 4.99 Å². The summed E-state index contributed by atoms with van der Waals surface area (Å²) in [4.78, 5) is 22.1. The molecule has 0 saturated heterocycles. The minimum Gasteiger partial charge on any atom is -0.872 e. The first-order chi connectivity index (χ1) is 13.7. The number of nitrogens with one attached hydrogen (secondary N) is 1. The van der Waals surface area contributed by atoms with Crippen LogP contribution in [0.5, 0.6) is 5.75 Å². The van der Waals surface area contributed by atoms with Gasteiger partial charge in [0, 0.05) is 30.2 Å². The van der Waals surface area contributed by atoms with E-state index < -0.39 is 20.7 Å². The normalized spacial score (nSPS) is 11.5. The number of sulfonamides is 1. The van der Waals surface area contributed by atoms with E-state index in [1.807, 2.05) is 0 Å². The summed E-state index contributed by atoms with van der Waals surface area (Å²) in [7, 11) is -3.89. The summed E-state index contributed by atoms with van der Waals surface area (Å²) in [6.45, 7) is 1.71. The van der Waals surface area contributed by atoms with E-state index in [-0.39, 0.29) is 22.1 Å². The first-order valence-corrected chi connectivity index (χ1v) is 9.65. The third-order valence-electron chi connectivity index (χ3n) is 3.72. The number of hydrogen-bond donors (Lipinski definition) is 1. The Morgan fingerprint density at radius 1 is 1.14 bits per heavy atom. The second kappa shape index (κ2) is 8.02. The molecule has 1 N–H and O–H groups in total. The zero-order valence-corrected chi connectivity index (χ0v) is 15.8. The minimum atomic E-state index is -3.89. The van der Waals surface area contributed by atoms with Crippen molar-refractivity contribution in [3.05, 3.63) is 76.1 Å². The summed E-state index contributed by atoms with van der Waals surface area (Å²) in [6, 6.07) is 10.5. The molecule has 2 aromatic carbocycles. The molecule has 0 amide bonds. The van der Waals surface area contributed by atoms with Crippen molar-refractivity contribution in [3.63, 3.8) is 0 Å². The Bertz CT molecular complexity index is 1190. The van der Waals surface area contributed by atoms with Gasteiger partial charge in [-0.25, -0.2) is 23.1 Å². The molecule has 0 radical (unpaired) electrons. The van der Waals surface area contributed by atoms with Crippen LogP contribution in [0.4, 0.5) is 17.3 Å². The molecule has 0 aliphatic carbocycles. The molecule has 11 heteroatoms. The quantitative estimate of drug-likeness (QED) is 0.370. The van der Waals surface area contributed by atoms with Gasteiger partial charge in [-0.3, -0.25) is 15.1 Å². The number of aliphatic imine (C=N–C) groups is 1. The van der Waals surface area contributed by atoms with E-state index in [1.54, 1.807) is 13.0 Å². The number of nitro groups is 1. The summed E-state index contributed by atoms with van der Waals surface area (Å²) in [5, 5.41) is 22.6. The number of rotatable bonds is 6. The van der Waals surface area contributed by atoms with E-state index in [2.05, 4.69) is 19.7 Å². The summed E-state index contributed by atoms with van der Waals surface area (Å²) in [6.07, 6.45) is 2.63. The second-order valence-electron chi connectivity index (χ2n) is 5.86. The molecule has 0 bridgehead atoms. The SMILES string of the molecule is Cc1ccnc(NS(=O)(=O)c2ccc(N=Cc3cc([N+](=O)[O-])ccc3[O-])cc2)n1. The number of anilines is 1. The molecular formula is C18H14N5O5S-. The summed E-state index contributed by atoms with van der Waals surface area (Å²) >= 11 is 0. The lowest BCUT2D eigenvalue weighted by molar-refractivity contribution is -0.385. The zero-order chi connectivity index (χ0) is 21.0. The lowest BCUT2D eigenvalue weighted by atomic mass is 10.2. The number of aryl methyl sites for hydroxylation is 1. The van der Waals surface area contributed by atoms with Gasteiger partial charge < -0.3 is 5.11 Å². The molecule has 148 valence electrons. The first-order valence-electron chi connectivity index (χ1n) is 8.17. The molecule has 0 unspecified atom stereocenters. The molecule has 0 spiro atoms. The maximum Gasteiger partial charge on any atom is 0.270 e. The first kappa shape index (κ1) is 19.9. The zero-order valence-electron chi connectivity index (χ0n) is 15.0. The van der Waals surface area contributed by atoms with Gasteiger partial charge in [0.05, 0.1) is 15.5 Å². The Balaban J connectivity index is 1.79. The predicted octanol–water partition coefficient (Wildman–Crippen LogP) is 2.32. The van der Waals surface area contributed by atoms with E-state index >= 15 is 0 Å². The van der Waals surface area contributed by atoms with Gasteiger partial charge in [-0.2, -0.15) is 0 Å². The van der Waals surface area contributed by atoms with Crippen molar-refractivity contribution >= 4 is 33.6 Å². The second-order valence-corrected chi connectivity index (χ2v) is 7.54. The fraction of sp³-hybridized carbons (Fsp3) is 0.0556. The van der Waals surface area contributed by atoms with Gasteiger partial charge in [0.25, 0.3) is 15.7 Å². The summed E-state index contributed by atoms with van der Waals surface area (Å²) in [5.41, 5.74) is 0.800. The minimum absolute atomic E-state index is 0.0265. The van der Waals surface area contributed by atoms with Gasteiger partial charge in [-0.15, -0.1) is 0 Å². The molecular weight excluding hydrogens is 398 g/mol. The Labute approximate surface area is 165 Å². The molecule has 3 aromatic rings. The summed E-state index contributed by atoms with van der Waals surface area (Å²) < 4.78 is 27.1. The van der Waals surface area contributed by atoms with Crippen molar-refractivity contribution in [2.75, 3.05) is 4.72 Å². The molecule has 29 heavy (non-hydrogen) atoms. The van der Waals surface area contributed by atoms with E-state index in [9.17, 15) is 23.6 Å². The van der Waals surface area contributed by atoms with E-state index in [0.29, 0.717) is 11.4 Å². The molecule has 0 saturated carbocycles. The highest BCUT2D eigenvalue weighted by Gasteiger charge is 2.15. The number of benzene rings is 2. The van der Waals surface area contributed by atoms with Gasteiger partial charge in [-0.1, -0.05) is 11.8 Å². The maximum atomic E-state index is 12.4. The lowest BCUT2D eigenvalue weighted by Gasteiger charge is -2.09. The average molecular weight is 412 g/mol. The molecule has 0 fully saturated rings. The number of nitro benzene ring substituents is 1. The van der Waals surface area contributed by atoms with Gasteiger partial charge in [-0.05, 0) is 42.8 Å². The molecule has 10 nitrogen and oxygen atoms in total. The van der Waals surface area contributed by atoms with Crippen LogP contribution in [0.1, 0.15) is 11.3 Å².